The summed E-state index contributed by atoms with van der Waals surface area (Å²) < 4.78 is 18.6. The third-order valence-corrected chi connectivity index (χ3v) is 5.04. The van der Waals surface area contributed by atoms with Gasteiger partial charge in [-0.3, -0.25) is 9.59 Å². The number of nitrogens with zero attached hydrogens (tertiary/aromatic N) is 1. The molecule has 0 saturated carbocycles. The van der Waals surface area contributed by atoms with E-state index in [1.165, 1.54) is 24.3 Å². The first-order valence-electron chi connectivity index (χ1n) is 10.4. The summed E-state index contributed by atoms with van der Waals surface area (Å²) in [6, 6.07) is 12.8. The molecule has 6 heteroatoms. The second kappa shape index (κ2) is 11.3. The molecule has 2 rings (SSSR count). The quantitative estimate of drug-likeness (QED) is 0.633. The third kappa shape index (κ3) is 6.87. The molecule has 162 valence electrons. The molecule has 30 heavy (non-hydrogen) atoms. The fraction of sp³-hybridized carbons (Fsp3) is 0.417. The molecule has 0 aromatic heterocycles. The van der Waals surface area contributed by atoms with Gasteiger partial charge in [0, 0.05) is 12.6 Å². The summed E-state index contributed by atoms with van der Waals surface area (Å²) in [4.78, 5) is 27.5. The van der Waals surface area contributed by atoms with Gasteiger partial charge in [-0.05, 0) is 56.5 Å². The Labute approximate surface area is 178 Å². The summed E-state index contributed by atoms with van der Waals surface area (Å²) in [5.74, 6) is -0.445. The van der Waals surface area contributed by atoms with Crippen LogP contribution >= 0.6 is 0 Å². The molecule has 0 saturated heterocycles. The molecule has 5 nitrogen and oxygen atoms in total. The van der Waals surface area contributed by atoms with Gasteiger partial charge in [-0.1, -0.05) is 43.7 Å². The Morgan fingerprint density at radius 3 is 2.23 bits per heavy atom. The van der Waals surface area contributed by atoms with Crippen LogP contribution in [0.3, 0.4) is 0 Å². The highest BCUT2D eigenvalue weighted by atomic mass is 19.1. The van der Waals surface area contributed by atoms with Crippen LogP contribution in [-0.4, -0.2) is 35.4 Å². The first-order valence-corrected chi connectivity index (χ1v) is 10.4. The number of hydrogen-bond donors (Lipinski definition) is 1. The van der Waals surface area contributed by atoms with Crippen molar-refractivity contribution in [3.8, 4) is 5.75 Å². The first-order chi connectivity index (χ1) is 14.3. The van der Waals surface area contributed by atoms with E-state index in [0.717, 1.165) is 17.5 Å². The number of aryl methyl sites for hydroxylation is 1. The van der Waals surface area contributed by atoms with E-state index in [0.29, 0.717) is 18.7 Å². The van der Waals surface area contributed by atoms with Crippen molar-refractivity contribution in [2.45, 2.75) is 59.2 Å². The maximum Gasteiger partial charge on any atom is 0.261 e. The van der Waals surface area contributed by atoms with Gasteiger partial charge < -0.3 is 15.0 Å². The molecule has 0 heterocycles. The zero-order chi connectivity index (χ0) is 22.1. The summed E-state index contributed by atoms with van der Waals surface area (Å²) in [7, 11) is 0. The fourth-order valence-electron chi connectivity index (χ4n) is 3.01. The number of carbonyl (C=O) groups excluding carboxylic acids is 2. The van der Waals surface area contributed by atoms with Gasteiger partial charge in [-0.2, -0.15) is 0 Å². The standard InChI is InChI=1S/C24H31FN2O3/c1-5-18(4)26-24(29)22(6-2)27(15-19-9-7-17(3)8-10-19)23(28)16-30-21-13-11-20(25)12-14-21/h7-14,18,22H,5-6,15-16H2,1-4H3,(H,26,29). The van der Waals surface area contributed by atoms with Gasteiger partial charge in [0.15, 0.2) is 6.61 Å². The lowest BCUT2D eigenvalue weighted by Crippen LogP contribution is -2.51. The maximum atomic E-state index is 13.1. The highest BCUT2D eigenvalue weighted by Crippen LogP contribution is 2.16. The molecule has 2 atom stereocenters. The van der Waals surface area contributed by atoms with Crippen molar-refractivity contribution in [2.24, 2.45) is 0 Å². The highest BCUT2D eigenvalue weighted by Gasteiger charge is 2.29. The Morgan fingerprint density at radius 2 is 1.67 bits per heavy atom. The van der Waals surface area contributed by atoms with Gasteiger partial charge in [0.2, 0.25) is 5.91 Å². The normalized spacial score (nSPS) is 12.7. The minimum Gasteiger partial charge on any atom is -0.484 e. The van der Waals surface area contributed by atoms with Crippen molar-refractivity contribution in [1.82, 2.24) is 10.2 Å². The van der Waals surface area contributed by atoms with Crippen molar-refractivity contribution >= 4 is 11.8 Å². The summed E-state index contributed by atoms with van der Waals surface area (Å²) in [5.41, 5.74) is 2.06. The van der Waals surface area contributed by atoms with E-state index in [4.69, 9.17) is 4.74 Å². The molecule has 2 amide bonds. The molecule has 2 aromatic carbocycles. The molecule has 0 aliphatic rings. The van der Waals surface area contributed by atoms with Gasteiger partial charge in [-0.25, -0.2) is 4.39 Å². The summed E-state index contributed by atoms with van der Waals surface area (Å²) in [6.45, 7) is 7.89. The molecule has 0 aliphatic heterocycles. The van der Waals surface area contributed by atoms with Crippen LogP contribution in [0.1, 0.15) is 44.7 Å². The summed E-state index contributed by atoms with van der Waals surface area (Å²) in [6.07, 6.45) is 1.29. The van der Waals surface area contributed by atoms with E-state index in [2.05, 4.69) is 5.32 Å². The van der Waals surface area contributed by atoms with Crippen LogP contribution < -0.4 is 10.1 Å². The monoisotopic (exact) mass is 414 g/mol. The van der Waals surface area contributed by atoms with Gasteiger partial charge in [0.1, 0.15) is 17.6 Å². The first kappa shape index (κ1) is 23.4. The number of rotatable bonds is 10. The Kier molecular flexibility index (Phi) is 8.84. The summed E-state index contributed by atoms with van der Waals surface area (Å²) in [5, 5.41) is 2.98. The van der Waals surface area contributed by atoms with E-state index in [1.54, 1.807) is 4.90 Å². The second-order valence-corrected chi connectivity index (χ2v) is 7.49. The lowest BCUT2D eigenvalue weighted by atomic mass is 10.1. The minimum atomic E-state index is -0.607. The smallest absolute Gasteiger partial charge is 0.261 e. The highest BCUT2D eigenvalue weighted by molar-refractivity contribution is 5.88. The van der Waals surface area contributed by atoms with Crippen LogP contribution in [-0.2, 0) is 16.1 Å². The number of carbonyl (C=O) groups is 2. The van der Waals surface area contributed by atoms with E-state index in [1.807, 2.05) is 52.0 Å². The Bertz CT molecular complexity index is 821. The molecule has 2 aromatic rings. The van der Waals surface area contributed by atoms with Crippen LogP contribution in [0.5, 0.6) is 5.75 Å². The predicted octanol–water partition coefficient (Wildman–Crippen LogP) is 4.24. The van der Waals surface area contributed by atoms with Crippen molar-refractivity contribution < 1.29 is 18.7 Å². The van der Waals surface area contributed by atoms with E-state index >= 15 is 0 Å². The average Bonchev–Trinajstić information content (AvgIpc) is 2.74. The Morgan fingerprint density at radius 1 is 1.03 bits per heavy atom. The van der Waals surface area contributed by atoms with Crippen LogP contribution in [0, 0.1) is 12.7 Å². The fourth-order valence-corrected chi connectivity index (χ4v) is 3.01. The lowest BCUT2D eigenvalue weighted by Gasteiger charge is -2.31. The molecule has 2 unspecified atom stereocenters. The molecule has 0 spiro atoms. The molecule has 0 bridgehead atoms. The molecule has 1 N–H and O–H groups in total. The molecular formula is C24H31FN2O3. The predicted molar refractivity (Wildman–Crippen MR) is 116 cm³/mol. The zero-order valence-corrected chi connectivity index (χ0v) is 18.2. The van der Waals surface area contributed by atoms with Crippen molar-refractivity contribution in [3.05, 3.63) is 65.5 Å². The SMILES string of the molecule is CCC(C)NC(=O)C(CC)N(Cc1ccc(C)cc1)C(=O)COc1ccc(F)cc1. The van der Waals surface area contributed by atoms with E-state index in [9.17, 15) is 14.0 Å². The number of benzene rings is 2. The number of nitrogens with one attached hydrogen (secondary N) is 1. The average molecular weight is 415 g/mol. The number of amides is 2. The van der Waals surface area contributed by atoms with Crippen molar-refractivity contribution in [1.29, 1.82) is 0 Å². The number of hydrogen-bond acceptors (Lipinski definition) is 3. The van der Waals surface area contributed by atoms with E-state index in [-0.39, 0.29) is 30.3 Å². The molecular weight excluding hydrogens is 383 g/mol. The topological polar surface area (TPSA) is 58.6 Å². The van der Waals surface area contributed by atoms with Crippen LogP contribution in [0.2, 0.25) is 0 Å². The van der Waals surface area contributed by atoms with Crippen molar-refractivity contribution in [3.63, 3.8) is 0 Å². The van der Waals surface area contributed by atoms with Gasteiger partial charge in [0.05, 0.1) is 0 Å². The van der Waals surface area contributed by atoms with Crippen LogP contribution in [0.25, 0.3) is 0 Å². The summed E-state index contributed by atoms with van der Waals surface area (Å²) >= 11 is 0. The van der Waals surface area contributed by atoms with Crippen LogP contribution in [0.15, 0.2) is 48.5 Å². The van der Waals surface area contributed by atoms with Gasteiger partial charge in [-0.15, -0.1) is 0 Å². The molecule has 0 fully saturated rings. The minimum absolute atomic E-state index is 0.0262. The second-order valence-electron chi connectivity index (χ2n) is 7.49. The number of halogens is 1. The maximum absolute atomic E-state index is 13.1. The van der Waals surface area contributed by atoms with Gasteiger partial charge >= 0.3 is 0 Å². The lowest BCUT2D eigenvalue weighted by molar-refractivity contribution is -0.143. The Balaban J connectivity index is 2.19. The zero-order valence-electron chi connectivity index (χ0n) is 18.2. The van der Waals surface area contributed by atoms with Gasteiger partial charge in [0.25, 0.3) is 5.91 Å². The molecule has 0 radical (unpaired) electrons. The number of ether oxygens (including phenoxy) is 1. The third-order valence-electron chi connectivity index (χ3n) is 5.04. The largest absolute Gasteiger partial charge is 0.484 e. The molecule has 0 aliphatic carbocycles. The van der Waals surface area contributed by atoms with Crippen molar-refractivity contribution in [2.75, 3.05) is 6.61 Å². The Hall–Kier alpha value is -2.89. The van der Waals surface area contributed by atoms with Crippen LogP contribution in [0.4, 0.5) is 4.39 Å². The van der Waals surface area contributed by atoms with E-state index < -0.39 is 6.04 Å².